The number of aromatic carboxylic acids is 1. The first-order chi connectivity index (χ1) is 10.6. The van der Waals surface area contributed by atoms with Crippen molar-refractivity contribution < 1.29 is 19.4 Å². The molecule has 3 rings (SSSR count). The van der Waals surface area contributed by atoms with Gasteiger partial charge in [0.15, 0.2) is 6.61 Å². The van der Waals surface area contributed by atoms with Crippen LogP contribution in [0.5, 0.6) is 5.75 Å². The number of rotatable bonds is 5. The molecule has 2 N–H and O–H groups in total. The third kappa shape index (κ3) is 2.96. The third-order valence-corrected chi connectivity index (χ3v) is 4.71. The molecule has 5 nitrogen and oxygen atoms in total. The highest BCUT2D eigenvalue weighted by Crippen LogP contribution is 2.39. The quantitative estimate of drug-likeness (QED) is 0.889. The number of ether oxygens (including phenoxy) is 1. The van der Waals surface area contributed by atoms with Gasteiger partial charge in [0, 0.05) is 4.88 Å². The maximum atomic E-state index is 12.0. The van der Waals surface area contributed by atoms with Crippen molar-refractivity contribution in [1.29, 1.82) is 0 Å². The van der Waals surface area contributed by atoms with Crippen LogP contribution < -0.4 is 10.1 Å². The lowest BCUT2D eigenvalue weighted by molar-refractivity contribution is -0.118. The van der Waals surface area contributed by atoms with Gasteiger partial charge in [-0.25, -0.2) is 4.79 Å². The topological polar surface area (TPSA) is 75.6 Å². The highest BCUT2D eigenvalue weighted by atomic mass is 32.1. The van der Waals surface area contributed by atoms with Gasteiger partial charge >= 0.3 is 5.97 Å². The lowest BCUT2D eigenvalue weighted by atomic mass is 10.1. The first-order valence-corrected chi connectivity index (χ1v) is 7.82. The zero-order chi connectivity index (χ0) is 15.5. The minimum absolute atomic E-state index is 0.147. The lowest BCUT2D eigenvalue weighted by Gasteiger charge is -2.07. The minimum atomic E-state index is -0.987. The molecule has 2 aromatic rings. The fraction of sp³-hybridized carbons (Fsp3) is 0.250. The smallest absolute Gasteiger partial charge is 0.339 e. The van der Waals surface area contributed by atoms with Crippen LogP contribution in [0.1, 0.15) is 27.2 Å². The molecule has 1 amide bonds. The Morgan fingerprint density at radius 1 is 1.23 bits per heavy atom. The average Bonchev–Trinajstić information content (AvgIpc) is 3.06. The van der Waals surface area contributed by atoms with E-state index in [0.717, 1.165) is 29.7 Å². The molecule has 0 saturated carbocycles. The van der Waals surface area contributed by atoms with E-state index in [0.29, 0.717) is 10.8 Å². The van der Waals surface area contributed by atoms with E-state index in [1.807, 2.05) is 18.2 Å². The molecule has 6 heteroatoms. The van der Waals surface area contributed by atoms with E-state index in [-0.39, 0.29) is 18.1 Å². The first-order valence-electron chi connectivity index (χ1n) is 7.00. The van der Waals surface area contributed by atoms with Crippen molar-refractivity contribution in [3.63, 3.8) is 0 Å². The number of carboxylic acid groups (broad SMARTS) is 1. The summed E-state index contributed by atoms with van der Waals surface area (Å²) in [5.74, 6) is -0.741. The van der Waals surface area contributed by atoms with Gasteiger partial charge in [0.1, 0.15) is 10.8 Å². The van der Waals surface area contributed by atoms with E-state index in [1.54, 1.807) is 12.1 Å². The fourth-order valence-corrected chi connectivity index (χ4v) is 3.84. The Balaban J connectivity index is 1.68. The highest BCUT2D eigenvalue weighted by Gasteiger charge is 2.27. The molecule has 0 bridgehead atoms. The second-order valence-corrected chi connectivity index (χ2v) is 6.12. The molecule has 22 heavy (non-hydrogen) atoms. The average molecular weight is 317 g/mol. The molecule has 0 radical (unpaired) electrons. The van der Waals surface area contributed by atoms with Crippen LogP contribution in [0.2, 0.25) is 0 Å². The Bertz CT molecular complexity index is 708. The summed E-state index contributed by atoms with van der Waals surface area (Å²) in [7, 11) is 0. The van der Waals surface area contributed by atoms with E-state index in [9.17, 15) is 14.7 Å². The maximum Gasteiger partial charge on any atom is 0.339 e. The zero-order valence-electron chi connectivity index (χ0n) is 11.8. The van der Waals surface area contributed by atoms with Crippen LogP contribution in [0.4, 0.5) is 5.00 Å². The largest absolute Gasteiger partial charge is 0.484 e. The van der Waals surface area contributed by atoms with Crippen LogP contribution in [0.25, 0.3) is 0 Å². The van der Waals surface area contributed by atoms with Crippen molar-refractivity contribution in [3.8, 4) is 5.75 Å². The summed E-state index contributed by atoms with van der Waals surface area (Å²) in [4.78, 5) is 24.5. The SMILES string of the molecule is O=C(COc1ccccc1)Nc1sc2c(c1C(=O)O)CCC2. The second-order valence-electron chi connectivity index (χ2n) is 5.02. The van der Waals surface area contributed by atoms with Crippen LogP contribution in [0.15, 0.2) is 30.3 Å². The van der Waals surface area contributed by atoms with E-state index in [4.69, 9.17) is 4.74 Å². The Hall–Kier alpha value is -2.34. The normalized spacial score (nSPS) is 12.7. The number of nitrogens with one attached hydrogen (secondary N) is 1. The summed E-state index contributed by atoms with van der Waals surface area (Å²) in [5.41, 5.74) is 1.11. The Labute approximate surface area is 131 Å². The van der Waals surface area contributed by atoms with Crippen molar-refractivity contribution in [3.05, 3.63) is 46.3 Å². The van der Waals surface area contributed by atoms with Crippen molar-refractivity contribution >= 4 is 28.2 Å². The summed E-state index contributed by atoms with van der Waals surface area (Å²) >= 11 is 1.36. The molecule has 0 atom stereocenters. The fourth-order valence-electron chi connectivity index (χ4n) is 2.55. The molecule has 0 unspecified atom stereocenters. The van der Waals surface area contributed by atoms with Gasteiger partial charge in [-0.3, -0.25) is 4.79 Å². The summed E-state index contributed by atoms with van der Waals surface area (Å²) in [6.07, 6.45) is 2.63. The molecule has 1 aliphatic carbocycles. The molecule has 1 heterocycles. The van der Waals surface area contributed by atoms with Gasteiger partial charge in [-0.05, 0) is 37.0 Å². The van der Waals surface area contributed by atoms with E-state index < -0.39 is 5.97 Å². The molecule has 1 aromatic carbocycles. The summed E-state index contributed by atoms with van der Waals surface area (Å²) < 4.78 is 5.36. The van der Waals surface area contributed by atoms with Gasteiger partial charge in [-0.15, -0.1) is 11.3 Å². The van der Waals surface area contributed by atoms with Gasteiger partial charge in [-0.2, -0.15) is 0 Å². The molecule has 0 fully saturated rings. The number of amides is 1. The summed E-state index contributed by atoms with van der Waals surface area (Å²) in [6, 6.07) is 9.02. The molecule has 0 saturated heterocycles. The number of carboxylic acids is 1. The number of thiophene rings is 1. The van der Waals surface area contributed by atoms with Crippen LogP contribution in [0, 0.1) is 0 Å². The monoisotopic (exact) mass is 317 g/mol. The molecular weight excluding hydrogens is 302 g/mol. The third-order valence-electron chi connectivity index (χ3n) is 3.50. The van der Waals surface area contributed by atoms with Crippen LogP contribution in [0.3, 0.4) is 0 Å². The van der Waals surface area contributed by atoms with Gasteiger partial charge in [-0.1, -0.05) is 18.2 Å². The number of aryl methyl sites for hydroxylation is 1. The molecular formula is C16H15NO4S. The number of fused-ring (bicyclic) bond motifs is 1. The second kappa shape index (κ2) is 6.19. The van der Waals surface area contributed by atoms with Gasteiger partial charge in [0.05, 0.1) is 5.56 Å². The van der Waals surface area contributed by atoms with Crippen LogP contribution >= 0.6 is 11.3 Å². The predicted octanol–water partition coefficient (Wildman–Crippen LogP) is 2.95. The first kappa shape index (κ1) is 14.6. The van der Waals surface area contributed by atoms with Gasteiger partial charge in [0.2, 0.25) is 0 Å². The Morgan fingerprint density at radius 3 is 2.73 bits per heavy atom. The predicted molar refractivity (Wildman–Crippen MR) is 83.9 cm³/mol. The summed E-state index contributed by atoms with van der Waals surface area (Å²) in [5, 5.41) is 12.4. The number of carbonyl (C=O) groups excluding carboxylic acids is 1. The van der Waals surface area contributed by atoms with Crippen molar-refractivity contribution in [2.24, 2.45) is 0 Å². The number of anilines is 1. The number of para-hydroxylation sites is 1. The van der Waals surface area contributed by atoms with Crippen LogP contribution in [-0.4, -0.2) is 23.6 Å². The van der Waals surface area contributed by atoms with Gasteiger partial charge in [0.25, 0.3) is 5.91 Å². The molecule has 0 spiro atoms. The van der Waals surface area contributed by atoms with Crippen LogP contribution in [-0.2, 0) is 17.6 Å². The molecule has 1 aliphatic rings. The zero-order valence-corrected chi connectivity index (χ0v) is 12.6. The lowest BCUT2D eigenvalue weighted by Crippen LogP contribution is -2.20. The minimum Gasteiger partial charge on any atom is -0.484 e. The standard InChI is InChI=1S/C16H15NO4S/c18-13(9-21-10-5-2-1-3-6-10)17-15-14(16(19)20)11-7-4-8-12(11)22-15/h1-3,5-6H,4,7-9H2,(H,17,18)(H,19,20). The molecule has 0 aliphatic heterocycles. The van der Waals surface area contributed by atoms with Crippen molar-refractivity contribution in [2.45, 2.75) is 19.3 Å². The highest BCUT2D eigenvalue weighted by molar-refractivity contribution is 7.17. The Kier molecular flexibility index (Phi) is 4.11. The van der Waals surface area contributed by atoms with Crippen molar-refractivity contribution in [2.75, 3.05) is 11.9 Å². The molecule has 1 aromatic heterocycles. The maximum absolute atomic E-state index is 12.0. The van der Waals surface area contributed by atoms with E-state index in [1.165, 1.54) is 11.3 Å². The van der Waals surface area contributed by atoms with E-state index >= 15 is 0 Å². The summed E-state index contributed by atoms with van der Waals surface area (Å²) in [6.45, 7) is -0.147. The van der Waals surface area contributed by atoms with E-state index in [2.05, 4.69) is 5.32 Å². The number of hydrogen-bond donors (Lipinski definition) is 2. The Morgan fingerprint density at radius 2 is 2.00 bits per heavy atom. The number of benzene rings is 1. The number of hydrogen-bond acceptors (Lipinski definition) is 4. The molecule has 114 valence electrons. The van der Waals surface area contributed by atoms with Crippen molar-refractivity contribution in [1.82, 2.24) is 0 Å². The number of carbonyl (C=O) groups is 2. The van der Waals surface area contributed by atoms with Gasteiger partial charge < -0.3 is 15.2 Å².